The Hall–Kier alpha value is -2.85. The third kappa shape index (κ3) is 5.61. The first kappa shape index (κ1) is 24.3. The van der Waals surface area contributed by atoms with Gasteiger partial charge in [-0.2, -0.15) is 0 Å². The average Bonchev–Trinajstić information content (AvgIpc) is 2.80. The zero-order chi connectivity index (χ0) is 24.3. The van der Waals surface area contributed by atoms with Crippen molar-refractivity contribution >= 4 is 39.2 Å². The van der Waals surface area contributed by atoms with E-state index in [1.807, 2.05) is 6.07 Å². The van der Waals surface area contributed by atoms with E-state index in [-0.39, 0.29) is 15.8 Å². The number of nitrogens with zero attached hydrogens (tertiary/aromatic N) is 1. The maximum Gasteiger partial charge on any atom is 0.341 e. The van der Waals surface area contributed by atoms with Gasteiger partial charge in [0.1, 0.15) is 21.4 Å². The summed E-state index contributed by atoms with van der Waals surface area (Å²) in [6.07, 6.45) is 3.12. The molecule has 34 heavy (non-hydrogen) atoms. The number of aliphatic carboxylic acids is 1. The summed E-state index contributed by atoms with van der Waals surface area (Å²) in [4.78, 5) is 14.8. The van der Waals surface area contributed by atoms with E-state index in [9.17, 15) is 13.2 Å². The van der Waals surface area contributed by atoms with E-state index in [2.05, 4.69) is 9.71 Å². The van der Waals surface area contributed by atoms with Crippen molar-refractivity contribution in [3.8, 4) is 17.4 Å². The highest BCUT2D eigenvalue weighted by Crippen LogP contribution is 2.37. The molecular weight excluding hydrogens is 503 g/mol. The summed E-state index contributed by atoms with van der Waals surface area (Å²) in [6.45, 7) is -0.471. The Labute approximate surface area is 206 Å². The molecule has 0 amide bonds. The number of rotatable bonds is 8. The standard InChI is InChI=1S/C23H20Cl2N2O6S/c24-14-7-9-15(10-8-14)33-23-19(25)11-16(12-26-23)34(30,31)27-20-5-1-4-18-17(20)3-2-6-21(18)32-13-22(28)29/h2-3,6-12,20,27H,1,4-5,13H2,(H,28,29)/t20-/m1/s1. The van der Waals surface area contributed by atoms with Crippen LogP contribution in [0.5, 0.6) is 17.4 Å². The van der Waals surface area contributed by atoms with Gasteiger partial charge in [-0.05, 0) is 66.8 Å². The summed E-state index contributed by atoms with van der Waals surface area (Å²) in [5.74, 6) is -0.130. The number of halogens is 2. The fourth-order valence-corrected chi connectivity index (χ4v) is 5.33. The predicted octanol–water partition coefficient (Wildman–Crippen LogP) is 5.00. The Morgan fingerprint density at radius 2 is 1.94 bits per heavy atom. The van der Waals surface area contributed by atoms with Crippen LogP contribution in [0.1, 0.15) is 30.0 Å². The summed E-state index contributed by atoms with van der Waals surface area (Å²) in [6, 6.07) is 12.5. The molecule has 2 aromatic carbocycles. The van der Waals surface area contributed by atoms with Crippen LogP contribution in [0, 0.1) is 0 Å². The lowest BCUT2D eigenvalue weighted by Gasteiger charge is -2.27. The quantitative estimate of drug-likeness (QED) is 0.427. The topological polar surface area (TPSA) is 115 Å². The van der Waals surface area contributed by atoms with Gasteiger partial charge in [-0.15, -0.1) is 0 Å². The second-order valence-electron chi connectivity index (χ2n) is 7.59. The molecule has 11 heteroatoms. The number of carboxylic acids is 1. The van der Waals surface area contributed by atoms with Crippen LogP contribution in [0.3, 0.4) is 0 Å². The lowest BCUT2D eigenvalue weighted by atomic mass is 9.87. The first-order valence-corrected chi connectivity index (χ1v) is 12.5. The van der Waals surface area contributed by atoms with Gasteiger partial charge in [-0.25, -0.2) is 22.9 Å². The number of aromatic nitrogens is 1. The van der Waals surface area contributed by atoms with Crippen molar-refractivity contribution < 1.29 is 27.8 Å². The highest BCUT2D eigenvalue weighted by molar-refractivity contribution is 7.89. The molecule has 0 bridgehead atoms. The van der Waals surface area contributed by atoms with Crippen LogP contribution in [0.25, 0.3) is 0 Å². The molecule has 0 unspecified atom stereocenters. The molecule has 3 aromatic rings. The van der Waals surface area contributed by atoms with E-state index in [1.54, 1.807) is 36.4 Å². The largest absolute Gasteiger partial charge is 0.482 e. The zero-order valence-electron chi connectivity index (χ0n) is 17.7. The van der Waals surface area contributed by atoms with E-state index >= 15 is 0 Å². The number of pyridine rings is 1. The molecule has 0 fully saturated rings. The number of benzene rings is 2. The van der Waals surface area contributed by atoms with Crippen molar-refractivity contribution in [2.45, 2.75) is 30.2 Å². The maximum absolute atomic E-state index is 13.1. The summed E-state index contributed by atoms with van der Waals surface area (Å²) in [5.41, 5.74) is 1.55. The Bertz CT molecular complexity index is 1320. The van der Waals surface area contributed by atoms with Gasteiger partial charge >= 0.3 is 5.97 Å². The summed E-state index contributed by atoms with van der Waals surface area (Å²) < 4.78 is 39.9. The van der Waals surface area contributed by atoms with Gasteiger partial charge in [0.2, 0.25) is 15.9 Å². The van der Waals surface area contributed by atoms with Crippen LogP contribution in [-0.2, 0) is 21.2 Å². The second-order valence-corrected chi connectivity index (χ2v) is 10.1. The highest BCUT2D eigenvalue weighted by atomic mass is 35.5. The first-order valence-electron chi connectivity index (χ1n) is 10.3. The van der Waals surface area contributed by atoms with Gasteiger partial charge in [0.15, 0.2) is 6.61 Å². The van der Waals surface area contributed by atoms with Gasteiger partial charge in [-0.1, -0.05) is 35.3 Å². The zero-order valence-corrected chi connectivity index (χ0v) is 20.0. The number of hydrogen-bond donors (Lipinski definition) is 2. The molecule has 0 aliphatic heterocycles. The minimum Gasteiger partial charge on any atom is -0.482 e. The van der Waals surface area contributed by atoms with Gasteiger partial charge < -0.3 is 14.6 Å². The number of carboxylic acid groups (broad SMARTS) is 1. The number of fused-ring (bicyclic) bond motifs is 1. The summed E-state index contributed by atoms with van der Waals surface area (Å²) in [5, 5.41) is 9.48. The fourth-order valence-electron chi connectivity index (χ4n) is 3.71. The highest BCUT2D eigenvalue weighted by Gasteiger charge is 2.28. The minimum atomic E-state index is -3.96. The number of nitrogens with one attached hydrogen (secondary N) is 1. The van der Waals surface area contributed by atoms with Crippen molar-refractivity contribution in [3.05, 3.63) is 75.9 Å². The third-order valence-electron chi connectivity index (χ3n) is 5.23. The Morgan fingerprint density at radius 1 is 1.18 bits per heavy atom. The van der Waals surface area contributed by atoms with E-state index in [0.717, 1.165) is 11.1 Å². The Balaban J connectivity index is 1.54. The molecule has 1 aromatic heterocycles. The predicted molar refractivity (Wildman–Crippen MR) is 126 cm³/mol. The van der Waals surface area contributed by atoms with Crippen molar-refractivity contribution in [1.82, 2.24) is 9.71 Å². The van der Waals surface area contributed by atoms with Crippen molar-refractivity contribution in [2.24, 2.45) is 0 Å². The van der Waals surface area contributed by atoms with Crippen molar-refractivity contribution in [2.75, 3.05) is 6.61 Å². The number of carbonyl (C=O) groups is 1. The van der Waals surface area contributed by atoms with Crippen LogP contribution < -0.4 is 14.2 Å². The normalized spacial score (nSPS) is 15.4. The number of hydrogen-bond acceptors (Lipinski definition) is 6. The lowest BCUT2D eigenvalue weighted by Crippen LogP contribution is -2.31. The molecule has 1 heterocycles. The Morgan fingerprint density at radius 3 is 2.65 bits per heavy atom. The van der Waals surface area contributed by atoms with E-state index in [1.165, 1.54) is 12.3 Å². The summed E-state index contributed by atoms with van der Waals surface area (Å²) >= 11 is 12.1. The molecule has 0 saturated carbocycles. The molecule has 0 radical (unpaired) electrons. The van der Waals surface area contributed by atoms with E-state index < -0.39 is 28.6 Å². The molecule has 0 saturated heterocycles. The SMILES string of the molecule is O=C(O)COc1cccc2c1CCC[C@H]2NS(=O)(=O)c1cnc(Oc2ccc(Cl)cc2)c(Cl)c1. The van der Waals surface area contributed by atoms with Crippen LogP contribution in [0.4, 0.5) is 0 Å². The Kier molecular flexibility index (Phi) is 7.27. The molecular formula is C23H20Cl2N2O6S. The summed E-state index contributed by atoms with van der Waals surface area (Å²) in [7, 11) is -3.96. The number of ether oxygens (including phenoxy) is 2. The molecule has 4 rings (SSSR count). The van der Waals surface area contributed by atoms with E-state index in [0.29, 0.717) is 35.8 Å². The van der Waals surface area contributed by atoms with Crippen LogP contribution >= 0.6 is 23.2 Å². The van der Waals surface area contributed by atoms with Gasteiger partial charge in [0, 0.05) is 11.1 Å². The molecule has 1 aliphatic rings. The maximum atomic E-state index is 13.1. The second kappa shape index (κ2) is 10.2. The molecule has 2 N–H and O–H groups in total. The third-order valence-corrected chi connectivity index (χ3v) is 7.20. The van der Waals surface area contributed by atoms with Crippen molar-refractivity contribution in [1.29, 1.82) is 0 Å². The molecule has 8 nitrogen and oxygen atoms in total. The van der Waals surface area contributed by atoms with E-state index in [4.69, 9.17) is 37.8 Å². The first-order chi connectivity index (χ1) is 16.2. The molecule has 178 valence electrons. The molecule has 1 atom stereocenters. The van der Waals surface area contributed by atoms with Gasteiger partial charge in [0.05, 0.1) is 6.20 Å². The van der Waals surface area contributed by atoms with Crippen LogP contribution in [0.15, 0.2) is 59.6 Å². The molecule has 1 aliphatic carbocycles. The minimum absolute atomic E-state index is 0.0335. The number of sulfonamides is 1. The monoisotopic (exact) mass is 522 g/mol. The van der Waals surface area contributed by atoms with Crippen LogP contribution in [-0.4, -0.2) is 31.1 Å². The van der Waals surface area contributed by atoms with Crippen LogP contribution in [0.2, 0.25) is 10.0 Å². The average molecular weight is 523 g/mol. The fraction of sp³-hybridized carbons (Fsp3) is 0.217. The molecule has 0 spiro atoms. The smallest absolute Gasteiger partial charge is 0.341 e. The van der Waals surface area contributed by atoms with Gasteiger partial charge in [0.25, 0.3) is 0 Å². The lowest BCUT2D eigenvalue weighted by molar-refractivity contribution is -0.139. The van der Waals surface area contributed by atoms with Gasteiger partial charge in [-0.3, -0.25) is 0 Å². The van der Waals surface area contributed by atoms with Crippen molar-refractivity contribution in [3.63, 3.8) is 0 Å².